The number of carbonyl (C=O) groups excluding carboxylic acids is 1. The number of unbranched alkanes of at least 4 members (excludes halogenated alkanes) is 8. The van der Waals surface area contributed by atoms with Gasteiger partial charge in [0.05, 0.1) is 7.11 Å². The van der Waals surface area contributed by atoms with Crippen LogP contribution in [0.15, 0.2) is 30.3 Å². The summed E-state index contributed by atoms with van der Waals surface area (Å²) in [6.45, 7) is 0. The van der Waals surface area contributed by atoms with Gasteiger partial charge in [0.1, 0.15) is 0 Å². The maximum atomic E-state index is 10.9. The average molecular weight is 418 g/mol. The SMILES string of the molecule is COC(=O)CCCCCCCCCCC[Te]c1ccccc1. The summed E-state index contributed by atoms with van der Waals surface area (Å²) in [5.74, 6) is -0.0705. The molecule has 0 amide bonds. The van der Waals surface area contributed by atoms with E-state index in [0.29, 0.717) is 6.42 Å². The zero-order chi connectivity index (χ0) is 15.9. The van der Waals surface area contributed by atoms with Crippen LogP contribution in [0.1, 0.15) is 64.2 Å². The van der Waals surface area contributed by atoms with Crippen LogP contribution in [-0.4, -0.2) is 34.0 Å². The predicted octanol–water partition coefficient (Wildman–Crippen LogP) is 4.51. The van der Waals surface area contributed by atoms with Crippen LogP contribution in [0.3, 0.4) is 0 Å². The number of hydrogen-bond donors (Lipinski definition) is 0. The zero-order valence-electron chi connectivity index (χ0n) is 13.9. The first-order chi connectivity index (χ1) is 10.8. The molecule has 2 nitrogen and oxygen atoms in total. The minimum atomic E-state index is -0.0705. The molecule has 0 saturated carbocycles. The zero-order valence-corrected chi connectivity index (χ0v) is 16.2. The molecule has 3 heteroatoms. The Bertz CT molecular complexity index is 378. The summed E-state index contributed by atoms with van der Waals surface area (Å²) in [7, 11) is 1.46. The number of benzene rings is 1. The van der Waals surface area contributed by atoms with E-state index in [2.05, 4.69) is 35.1 Å². The normalized spacial score (nSPS) is 10.6. The van der Waals surface area contributed by atoms with Crippen LogP contribution in [0.2, 0.25) is 4.47 Å². The van der Waals surface area contributed by atoms with Crippen molar-refractivity contribution in [2.24, 2.45) is 0 Å². The molecule has 0 aliphatic heterocycles. The van der Waals surface area contributed by atoms with Crippen molar-refractivity contribution in [2.45, 2.75) is 68.7 Å². The van der Waals surface area contributed by atoms with Gasteiger partial charge in [0, 0.05) is 0 Å². The van der Waals surface area contributed by atoms with E-state index in [1.165, 1.54) is 56.5 Å². The second-order valence-electron chi connectivity index (χ2n) is 5.67. The molecule has 0 saturated heterocycles. The van der Waals surface area contributed by atoms with Crippen LogP contribution >= 0.6 is 0 Å². The minimum absolute atomic E-state index is 0.0674. The Labute approximate surface area is 146 Å². The van der Waals surface area contributed by atoms with Gasteiger partial charge < -0.3 is 4.74 Å². The van der Waals surface area contributed by atoms with E-state index in [9.17, 15) is 4.79 Å². The van der Waals surface area contributed by atoms with E-state index in [1.807, 2.05) is 0 Å². The Morgan fingerprint density at radius 2 is 1.41 bits per heavy atom. The number of carbonyl (C=O) groups is 1. The number of esters is 1. The van der Waals surface area contributed by atoms with Gasteiger partial charge in [0.2, 0.25) is 0 Å². The fourth-order valence-corrected chi connectivity index (χ4v) is 5.08. The summed E-state index contributed by atoms with van der Waals surface area (Å²) in [6, 6.07) is 11.0. The van der Waals surface area contributed by atoms with Gasteiger partial charge in [-0.25, -0.2) is 0 Å². The molecule has 0 fully saturated rings. The molecule has 0 radical (unpaired) electrons. The molecule has 22 heavy (non-hydrogen) atoms. The average Bonchev–Trinajstić information content (AvgIpc) is 2.56. The first kappa shape index (κ1) is 19.5. The fraction of sp³-hybridized carbons (Fsp3) is 0.632. The molecule has 124 valence electrons. The van der Waals surface area contributed by atoms with Crippen molar-refractivity contribution in [3.05, 3.63) is 30.3 Å². The predicted molar refractivity (Wildman–Crippen MR) is 94.8 cm³/mol. The van der Waals surface area contributed by atoms with Gasteiger partial charge in [-0.05, 0) is 0 Å². The topological polar surface area (TPSA) is 26.3 Å². The molecule has 1 aromatic carbocycles. The molecule has 0 spiro atoms. The van der Waals surface area contributed by atoms with E-state index < -0.39 is 0 Å². The monoisotopic (exact) mass is 420 g/mol. The summed E-state index contributed by atoms with van der Waals surface area (Å²) in [5, 5.41) is 0. The molecule has 0 heterocycles. The van der Waals surface area contributed by atoms with Crippen LogP contribution in [0.25, 0.3) is 0 Å². The molecule has 1 rings (SSSR count). The maximum absolute atomic E-state index is 10.9. The van der Waals surface area contributed by atoms with Crippen LogP contribution in [0.4, 0.5) is 0 Å². The molecule has 0 aliphatic rings. The van der Waals surface area contributed by atoms with E-state index in [1.54, 1.807) is 3.61 Å². The standard InChI is InChI=1S/C19H30O2Te/c1-21-19(20)16-12-7-5-3-2-4-6-8-13-17-22-18-14-10-9-11-15-18/h9-11,14-15H,2-8,12-13,16-17H2,1H3. The molecule has 0 unspecified atom stereocenters. The van der Waals surface area contributed by atoms with E-state index >= 15 is 0 Å². The molecule has 1 aromatic rings. The van der Waals surface area contributed by atoms with Crippen LogP contribution < -0.4 is 3.61 Å². The van der Waals surface area contributed by atoms with Crippen molar-refractivity contribution >= 4 is 30.5 Å². The summed E-state index contributed by atoms with van der Waals surface area (Å²) in [4.78, 5) is 10.9. The number of rotatable bonds is 13. The Morgan fingerprint density at radius 3 is 2.00 bits per heavy atom. The van der Waals surface area contributed by atoms with Crippen molar-refractivity contribution in [2.75, 3.05) is 7.11 Å². The number of methoxy groups -OCH3 is 1. The molecule has 0 N–H and O–H groups in total. The second kappa shape index (κ2) is 14.1. The third kappa shape index (κ3) is 11.1. The Hall–Kier alpha value is -0.520. The van der Waals surface area contributed by atoms with Crippen molar-refractivity contribution in [1.82, 2.24) is 0 Å². The van der Waals surface area contributed by atoms with Crippen molar-refractivity contribution < 1.29 is 9.53 Å². The first-order valence-electron chi connectivity index (χ1n) is 8.57. The number of ether oxygens (including phenoxy) is 1. The van der Waals surface area contributed by atoms with Gasteiger partial charge in [0.15, 0.2) is 0 Å². The van der Waals surface area contributed by atoms with Gasteiger partial charge >= 0.3 is 130 Å². The van der Waals surface area contributed by atoms with Crippen LogP contribution in [0.5, 0.6) is 0 Å². The van der Waals surface area contributed by atoms with Crippen LogP contribution in [-0.2, 0) is 9.53 Å². The van der Waals surface area contributed by atoms with E-state index in [0.717, 1.165) is 12.8 Å². The summed E-state index contributed by atoms with van der Waals surface area (Å²) < 4.78 is 7.68. The number of hydrogen-bond acceptors (Lipinski definition) is 2. The van der Waals surface area contributed by atoms with Crippen molar-refractivity contribution in [1.29, 1.82) is 0 Å². The summed E-state index contributed by atoms with van der Waals surface area (Å²) in [5.41, 5.74) is 0. The fourth-order valence-electron chi connectivity index (χ4n) is 2.42. The van der Waals surface area contributed by atoms with E-state index in [-0.39, 0.29) is 26.9 Å². The summed E-state index contributed by atoms with van der Waals surface area (Å²) in [6.07, 6.45) is 12.3. The molecule has 0 aromatic heterocycles. The van der Waals surface area contributed by atoms with Crippen molar-refractivity contribution in [3.63, 3.8) is 0 Å². The Balaban J connectivity index is 1.77. The van der Waals surface area contributed by atoms with Gasteiger partial charge in [0.25, 0.3) is 0 Å². The molecular weight excluding hydrogens is 388 g/mol. The molecule has 0 atom stereocenters. The quantitative estimate of drug-likeness (QED) is 0.268. The van der Waals surface area contributed by atoms with E-state index in [4.69, 9.17) is 0 Å². The molecule has 0 aliphatic carbocycles. The third-order valence-corrected chi connectivity index (χ3v) is 6.90. The van der Waals surface area contributed by atoms with Gasteiger partial charge in [-0.1, -0.05) is 0 Å². The first-order valence-corrected chi connectivity index (χ1v) is 11.4. The molecular formula is C19H30O2Te. The Kier molecular flexibility index (Phi) is 12.5. The van der Waals surface area contributed by atoms with Crippen molar-refractivity contribution in [3.8, 4) is 0 Å². The molecule has 0 bridgehead atoms. The summed E-state index contributed by atoms with van der Waals surface area (Å²) >= 11 is 0.0674. The van der Waals surface area contributed by atoms with Gasteiger partial charge in [-0.3, -0.25) is 4.79 Å². The second-order valence-corrected chi connectivity index (χ2v) is 9.00. The van der Waals surface area contributed by atoms with Gasteiger partial charge in [-0.15, -0.1) is 0 Å². The Morgan fingerprint density at radius 1 is 0.864 bits per heavy atom. The van der Waals surface area contributed by atoms with Crippen LogP contribution in [0, 0.1) is 0 Å². The third-order valence-electron chi connectivity index (χ3n) is 3.76. The van der Waals surface area contributed by atoms with Gasteiger partial charge in [-0.2, -0.15) is 0 Å².